The van der Waals surface area contributed by atoms with Gasteiger partial charge in [-0.3, -0.25) is 4.31 Å². The second-order valence-corrected chi connectivity index (χ2v) is 9.49. The summed E-state index contributed by atoms with van der Waals surface area (Å²) in [6.45, 7) is 5.90. The van der Waals surface area contributed by atoms with Gasteiger partial charge in [0.1, 0.15) is 0 Å². The zero-order valence-corrected chi connectivity index (χ0v) is 18.2. The summed E-state index contributed by atoms with van der Waals surface area (Å²) in [4.78, 5) is 0.251. The molecule has 0 N–H and O–H groups in total. The Kier molecular flexibility index (Phi) is 6.04. The van der Waals surface area contributed by atoms with Crippen molar-refractivity contribution < 1.29 is 8.42 Å². The number of aryl methyl sites for hydroxylation is 3. The summed E-state index contributed by atoms with van der Waals surface area (Å²) in [7, 11) is -3.78. The second-order valence-electron chi connectivity index (χ2n) is 6.81. The fourth-order valence-electron chi connectivity index (χ4n) is 3.12. The van der Waals surface area contributed by atoms with Gasteiger partial charge < -0.3 is 0 Å². The fourth-order valence-corrected chi connectivity index (χ4v) is 5.03. The van der Waals surface area contributed by atoms with Crippen LogP contribution in [0.1, 0.15) is 22.3 Å². The smallest absolute Gasteiger partial charge is 0.261 e. The quantitative estimate of drug-likeness (QED) is 0.472. The molecule has 3 aromatic rings. The van der Waals surface area contributed by atoms with Gasteiger partial charge in [-0.05, 0) is 61.7 Å². The highest BCUT2D eigenvalue weighted by molar-refractivity contribution is 7.92. The summed E-state index contributed by atoms with van der Waals surface area (Å²) in [5.74, 6) is 0. The zero-order valence-electron chi connectivity index (χ0n) is 15.9. The minimum absolute atomic E-state index is 0.152. The Bertz CT molecular complexity index is 1090. The maximum Gasteiger partial charge on any atom is 0.264 e. The number of rotatable bonds is 5. The van der Waals surface area contributed by atoms with Crippen LogP contribution >= 0.6 is 23.2 Å². The van der Waals surface area contributed by atoms with Crippen molar-refractivity contribution in [2.24, 2.45) is 0 Å². The third-order valence-corrected chi connectivity index (χ3v) is 7.11. The number of benzene rings is 3. The molecule has 0 heterocycles. The van der Waals surface area contributed by atoms with E-state index in [0.717, 1.165) is 22.3 Å². The van der Waals surface area contributed by atoms with Crippen molar-refractivity contribution in [2.45, 2.75) is 32.2 Å². The van der Waals surface area contributed by atoms with Crippen molar-refractivity contribution in [1.29, 1.82) is 0 Å². The monoisotopic (exact) mass is 433 g/mol. The van der Waals surface area contributed by atoms with Gasteiger partial charge in [-0.1, -0.05) is 65.2 Å². The molecule has 0 saturated carbocycles. The van der Waals surface area contributed by atoms with Gasteiger partial charge in [-0.2, -0.15) is 0 Å². The van der Waals surface area contributed by atoms with Crippen LogP contribution in [0.4, 0.5) is 5.69 Å². The van der Waals surface area contributed by atoms with E-state index in [4.69, 9.17) is 23.2 Å². The highest BCUT2D eigenvalue weighted by Gasteiger charge is 2.27. The summed E-state index contributed by atoms with van der Waals surface area (Å²) in [5, 5.41) is 0.832. The molecular formula is C22H21Cl2NO2S. The molecular weight excluding hydrogens is 413 g/mol. The molecule has 3 nitrogen and oxygen atoms in total. The molecule has 0 aliphatic carbocycles. The van der Waals surface area contributed by atoms with Gasteiger partial charge in [0.25, 0.3) is 10.0 Å². The molecule has 3 aromatic carbocycles. The lowest BCUT2D eigenvalue weighted by molar-refractivity contribution is 0.590. The normalized spacial score (nSPS) is 11.5. The topological polar surface area (TPSA) is 37.4 Å². The van der Waals surface area contributed by atoms with E-state index in [0.29, 0.717) is 15.7 Å². The van der Waals surface area contributed by atoms with Gasteiger partial charge in [-0.15, -0.1) is 0 Å². The molecule has 3 rings (SSSR count). The van der Waals surface area contributed by atoms with Gasteiger partial charge in [0.05, 0.1) is 27.2 Å². The third-order valence-electron chi connectivity index (χ3n) is 4.61. The molecule has 0 saturated heterocycles. The van der Waals surface area contributed by atoms with Crippen molar-refractivity contribution >= 4 is 38.9 Å². The zero-order chi connectivity index (χ0) is 20.5. The molecule has 0 bridgehead atoms. The van der Waals surface area contributed by atoms with Crippen LogP contribution in [-0.4, -0.2) is 8.42 Å². The van der Waals surface area contributed by atoms with E-state index in [1.807, 2.05) is 39.0 Å². The fraction of sp³-hybridized carbons (Fsp3) is 0.182. The predicted octanol–water partition coefficient (Wildman–Crippen LogP) is 6.31. The molecule has 0 radical (unpaired) electrons. The average Bonchev–Trinajstić information content (AvgIpc) is 2.64. The number of anilines is 1. The Morgan fingerprint density at radius 1 is 0.821 bits per heavy atom. The molecule has 0 unspecified atom stereocenters. The molecule has 0 spiro atoms. The van der Waals surface area contributed by atoms with Gasteiger partial charge >= 0.3 is 0 Å². The third kappa shape index (κ3) is 4.19. The predicted molar refractivity (Wildman–Crippen MR) is 117 cm³/mol. The average molecular weight is 434 g/mol. The first-order valence-electron chi connectivity index (χ1n) is 8.79. The van der Waals surface area contributed by atoms with Gasteiger partial charge in [0.15, 0.2) is 0 Å². The lowest BCUT2D eigenvalue weighted by Crippen LogP contribution is -2.31. The van der Waals surface area contributed by atoms with Crippen LogP contribution in [0.25, 0.3) is 0 Å². The van der Waals surface area contributed by atoms with E-state index >= 15 is 0 Å². The Morgan fingerprint density at radius 3 is 2.00 bits per heavy atom. The molecule has 0 amide bonds. The van der Waals surface area contributed by atoms with Crippen LogP contribution in [0.2, 0.25) is 10.0 Å². The number of hydrogen-bond acceptors (Lipinski definition) is 2. The van der Waals surface area contributed by atoms with E-state index in [-0.39, 0.29) is 11.4 Å². The van der Waals surface area contributed by atoms with Crippen LogP contribution in [0, 0.1) is 20.8 Å². The number of halogens is 2. The molecule has 6 heteroatoms. The van der Waals surface area contributed by atoms with E-state index in [1.54, 1.807) is 42.5 Å². The molecule has 28 heavy (non-hydrogen) atoms. The molecule has 146 valence electrons. The van der Waals surface area contributed by atoms with Crippen molar-refractivity contribution in [2.75, 3.05) is 4.31 Å². The first-order valence-corrected chi connectivity index (χ1v) is 11.0. The maximum atomic E-state index is 13.6. The van der Waals surface area contributed by atoms with Gasteiger partial charge in [0, 0.05) is 0 Å². The number of nitrogens with zero attached hydrogens (tertiary/aromatic N) is 1. The number of hydrogen-bond donors (Lipinski definition) is 0. The van der Waals surface area contributed by atoms with E-state index in [1.165, 1.54) is 4.31 Å². The van der Waals surface area contributed by atoms with Gasteiger partial charge in [-0.25, -0.2) is 8.42 Å². The van der Waals surface area contributed by atoms with Crippen LogP contribution in [-0.2, 0) is 16.6 Å². The Hall–Kier alpha value is -2.01. The maximum absolute atomic E-state index is 13.6. The molecule has 0 atom stereocenters. The molecule has 0 aliphatic rings. The lowest BCUT2D eigenvalue weighted by Gasteiger charge is -2.28. The summed E-state index contributed by atoms with van der Waals surface area (Å²) in [6.07, 6.45) is 0. The molecule has 0 aliphatic heterocycles. The number of para-hydroxylation sites is 1. The largest absolute Gasteiger partial charge is 0.264 e. The van der Waals surface area contributed by atoms with Crippen LogP contribution in [0.5, 0.6) is 0 Å². The van der Waals surface area contributed by atoms with Crippen molar-refractivity contribution in [1.82, 2.24) is 0 Å². The van der Waals surface area contributed by atoms with Crippen LogP contribution in [0.15, 0.2) is 65.6 Å². The minimum Gasteiger partial charge on any atom is -0.261 e. The highest BCUT2D eigenvalue weighted by atomic mass is 35.5. The Labute approximate surface area is 176 Å². The minimum atomic E-state index is -3.78. The second kappa shape index (κ2) is 8.16. The summed E-state index contributed by atoms with van der Waals surface area (Å²) < 4.78 is 28.6. The summed E-state index contributed by atoms with van der Waals surface area (Å²) in [5.41, 5.74) is 4.20. The molecule has 0 fully saturated rings. The van der Waals surface area contributed by atoms with Crippen LogP contribution < -0.4 is 4.31 Å². The number of sulfonamides is 1. The van der Waals surface area contributed by atoms with E-state index in [2.05, 4.69) is 0 Å². The van der Waals surface area contributed by atoms with Crippen LogP contribution in [0.3, 0.4) is 0 Å². The van der Waals surface area contributed by atoms with Crippen molar-refractivity contribution in [3.63, 3.8) is 0 Å². The summed E-state index contributed by atoms with van der Waals surface area (Å²) >= 11 is 12.2. The van der Waals surface area contributed by atoms with E-state index < -0.39 is 10.0 Å². The standard InChI is InChI=1S/C22H21Cl2NO2S/c1-15-7-10-19(11-8-15)28(26,27)25(22-16(2)5-4-6-17(22)3)14-18-9-12-20(23)21(24)13-18/h4-13H,14H2,1-3H3. The summed E-state index contributed by atoms with van der Waals surface area (Å²) in [6, 6.07) is 17.8. The van der Waals surface area contributed by atoms with Crippen molar-refractivity contribution in [3.8, 4) is 0 Å². The SMILES string of the molecule is Cc1ccc(S(=O)(=O)N(Cc2ccc(Cl)c(Cl)c2)c2c(C)cccc2C)cc1. The molecule has 0 aromatic heterocycles. The Balaban J connectivity index is 2.16. The lowest BCUT2D eigenvalue weighted by atomic mass is 10.1. The highest BCUT2D eigenvalue weighted by Crippen LogP contribution is 2.33. The first-order chi connectivity index (χ1) is 13.2. The first kappa shape index (κ1) is 20.7. The van der Waals surface area contributed by atoms with Crippen molar-refractivity contribution in [3.05, 3.63) is 93.0 Å². The Morgan fingerprint density at radius 2 is 1.43 bits per heavy atom. The van der Waals surface area contributed by atoms with Gasteiger partial charge in [0.2, 0.25) is 0 Å². The van der Waals surface area contributed by atoms with E-state index in [9.17, 15) is 8.42 Å².